The lowest BCUT2D eigenvalue weighted by Gasteiger charge is -2.13. The molecule has 124 valence electrons. The van der Waals surface area contributed by atoms with Crippen LogP contribution in [-0.4, -0.2) is 27.3 Å². The molecule has 2 aromatic carbocycles. The van der Waals surface area contributed by atoms with Crippen LogP contribution in [0.25, 0.3) is 0 Å². The highest BCUT2D eigenvalue weighted by Crippen LogP contribution is 2.35. The molecular weight excluding hydrogens is 310 g/mol. The molecule has 2 rings (SSSR count). The molecule has 0 saturated carbocycles. The van der Waals surface area contributed by atoms with Gasteiger partial charge in [-0.3, -0.25) is 0 Å². The van der Waals surface area contributed by atoms with Crippen LogP contribution < -0.4 is 14.2 Å². The van der Waals surface area contributed by atoms with E-state index in [1.54, 1.807) is 30.3 Å². The van der Waals surface area contributed by atoms with Crippen LogP contribution in [0.3, 0.4) is 0 Å². The summed E-state index contributed by atoms with van der Waals surface area (Å²) >= 11 is 0. The van der Waals surface area contributed by atoms with Gasteiger partial charge >= 0.3 is 5.97 Å². The first-order chi connectivity index (χ1) is 11.6. The fourth-order valence-electron chi connectivity index (χ4n) is 2.15. The van der Waals surface area contributed by atoms with E-state index in [2.05, 4.69) is 0 Å². The number of carbonyl (C=O) groups is 1. The third kappa shape index (κ3) is 3.76. The summed E-state index contributed by atoms with van der Waals surface area (Å²) in [6.07, 6.45) is 0. The molecule has 0 saturated heterocycles. The molecule has 0 aromatic heterocycles. The molecule has 0 atom stereocenters. The van der Waals surface area contributed by atoms with Crippen LogP contribution in [0.15, 0.2) is 36.4 Å². The van der Waals surface area contributed by atoms with Gasteiger partial charge in [0.25, 0.3) is 0 Å². The molecule has 0 fully saturated rings. The second kappa shape index (κ2) is 7.88. The minimum Gasteiger partial charge on any atom is -0.496 e. The van der Waals surface area contributed by atoms with E-state index in [9.17, 15) is 4.79 Å². The Morgan fingerprint density at radius 1 is 1.00 bits per heavy atom. The number of nitrogens with zero attached hydrogens (tertiary/aromatic N) is 1. The smallest absolute Gasteiger partial charge is 0.342 e. The van der Waals surface area contributed by atoms with Crippen LogP contribution in [0.1, 0.15) is 21.5 Å². The molecule has 2 aromatic rings. The van der Waals surface area contributed by atoms with Gasteiger partial charge in [-0.05, 0) is 17.7 Å². The third-order valence-electron chi connectivity index (χ3n) is 3.35. The molecule has 0 bridgehead atoms. The first kappa shape index (κ1) is 17.2. The number of ether oxygens (including phenoxy) is 4. The Morgan fingerprint density at radius 2 is 1.67 bits per heavy atom. The van der Waals surface area contributed by atoms with Crippen molar-refractivity contribution in [3.63, 3.8) is 0 Å². The Balaban J connectivity index is 2.21. The summed E-state index contributed by atoms with van der Waals surface area (Å²) in [5.74, 6) is 0.614. The van der Waals surface area contributed by atoms with Crippen molar-refractivity contribution < 1.29 is 23.7 Å². The summed E-state index contributed by atoms with van der Waals surface area (Å²) in [6, 6.07) is 12.0. The van der Waals surface area contributed by atoms with Crippen LogP contribution in [0.4, 0.5) is 0 Å². The molecule has 0 aliphatic rings. The Kier molecular flexibility index (Phi) is 5.63. The average molecular weight is 327 g/mol. The molecule has 0 aliphatic carbocycles. The highest BCUT2D eigenvalue weighted by atomic mass is 16.5. The van der Waals surface area contributed by atoms with Gasteiger partial charge < -0.3 is 18.9 Å². The minimum atomic E-state index is -0.560. The van der Waals surface area contributed by atoms with E-state index in [4.69, 9.17) is 24.2 Å². The van der Waals surface area contributed by atoms with Crippen LogP contribution in [0, 0.1) is 11.3 Å². The van der Waals surface area contributed by atoms with Crippen molar-refractivity contribution in [2.45, 2.75) is 6.61 Å². The molecule has 0 unspecified atom stereocenters. The van der Waals surface area contributed by atoms with Crippen LogP contribution in [0.2, 0.25) is 0 Å². The predicted octanol–water partition coefficient (Wildman–Crippen LogP) is 2.94. The van der Waals surface area contributed by atoms with E-state index >= 15 is 0 Å². The lowest BCUT2D eigenvalue weighted by Crippen LogP contribution is -2.08. The molecule has 0 spiro atoms. The SMILES string of the molecule is COc1cc(OC)c(C(=O)OCc2cccc(C#N)c2)cc1OC. The summed E-state index contributed by atoms with van der Waals surface area (Å²) in [5, 5.41) is 8.89. The molecule has 0 heterocycles. The van der Waals surface area contributed by atoms with Gasteiger partial charge in [0.05, 0.1) is 33.0 Å². The number of hydrogen-bond acceptors (Lipinski definition) is 6. The van der Waals surface area contributed by atoms with Crippen molar-refractivity contribution in [2.24, 2.45) is 0 Å². The monoisotopic (exact) mass is 327 g/mol. The first-order valence-corrected chi connectivity index (χ1v) is 7.09. The van der Waals surface area contributed by atoms with E-state index in [1.807, 2.05) is 6.07 Å². The fraction of sp³-hybridized carbons (Fsp3) is 0.222. The normalized spacial score (nSPS) is 9.75. The summed E-state index contributed by atoms with van der Waals surface area (Å²) in [6.45, 7) is 0.0475. The molecule has 6 nitrogen and oxygen atoms in total. The van der Waals surface area contributed by atoms with Crippen molar-refractivity contribution in [1.29, 1.82) is 5.26 Å². The van der Waals surface area contributed by atoms with Crippen LogP contribution in [-0.2, 0) is 11.3 Å². The van der Waals surface area contributed by atoms with Crippen LogP contribution in [0.5, 0.6) is 17.2 Å². The van der Waals surface area contributed by atoms with Crippen LogP contribution >= 0.6 is 0 Å². The average Bonchev–Trinajstić information content (AvgIpc) is 2.64. The molecule has 0 radical (unpaired) electrons. The maximum atomic E-state index is 12.4. The Morgan fingerprint density at radius 3 is 2.29 bits per heavy atom. The topological polar surface area (TPSA) is 77.8 Å². The predicted molar refractivity (Wildman–Crippen MR) is 86.4 cm³/mol. The van der Waals surface area contributed by atoms with Gasteiger partial charge in [-0.1, -0.05) is 12.1 Å². The summed E-state index contributed by atoms with van der Waals surface area (Å²) in [4.78, 5) is 12.4. The first-order valence-electron chi connectivity index (χ1n) is 7.09. The van der Waals surface area contributed by atoms with Crippen molar-refractivity contribution in [2.75, 3.05) is 21.3 Å². The lowest BCUT2D eigenvalue weighted by molar-refractivity contribution is 0.0468. The maximum Gasteiger partial charge on any atom is 0.342 e. The van der Waals surface area contributed by atoms with E-state index in [1.165, 1.54) is 27.4 Å². The Labute approximate surface area is 140 Å². The number of hydrogen-bond donors (Lipinski definition) is 0. The molecule has 6 heteroatoms. The second-order valence-corrected chi connectivity index (χ2v) is 4.80. The van der Waals surface area contributed by atoms with Gasteiger partial charge in [-0.25, -0.2) is 4.79 Å². The van der Waals surface area contributed by atoms with E-state index in [-0.39, 0.29) is 12.2 Å². The molecule has 0 amide bonds. The number of carbonyl (C=O) groups excluding carboxylic acids is 1. The third-order valence-corrected chi connectivity index (χ3v) is 3.35. The van der Waals surface area contributed by atoms with Gasteiger partial charge in [0.2, 0.25) is 0 Å². The second-order valence-electron chi connectivity index (χ2n) is 4.80. The van der Waals surface area contributed by atoms with Crippen molar-refractivity contribution >= 4 is 5.97 Å². The van der Waals surface area contributed by atoms with Gasteiger partial charge in [0.15, 0.2) is 11.5 Å². The molecule has 0 N–H and O–H groups in total. The zero-order chi connectivity index (χ0) is 17.5. The summed E-state index contributed by atoms with van der Waals surface area (Å²) in [7, 11) is 4.43. The van der Waals surface area contributed by atoms with Gasteiger partial charge in [-0.15, -0.1) is 0 Å². The van der Waals surface area contributed by atoms with Crippen molar-refractivity contribution in [1.82, 2.24) is 0 Å². The number of rotatable bonds is 6. The number of nitriles is 1. The quantitative estimate of drug-likeness (QED) is 0.759. The molecule has 24 heavy (non-hydrogen) atoms. The minimum absolute atomic E-state index is 0.0475. The standard InChI is InChI=1S/C18H17NO5/c1-21-15-9-17(23-3)16(22-2)8-14(15)18(20)24-11-13-6-4-5-12(7-13)10-19/h4-9H,11H2,1-3H3. The van der Waals surface area contributed by atoms with Crippen molar-refractivity contribution in [3.05, 3.63) is 53.1 Å². The summed E-state index contributed by atoms with van der Waals surface area (Å²) < 4.78 is 20.9. The highest BCUT2D eigenvalue weighted by Gasteiger charge is 2.19. The number of benzene rings is 2. The molecular formula is C18H17NO5. The van der Waals surface area contributed by atoms with Gasteiger partial charge in [0, 0.05) is 12.1 Å². The number of methoxy groups -OCH3 is 3. The zero-order valence-electron chi connectivity index (χ0n) is 13.7. The largest absolute Gasteiger partial charge is 0.496 e. The lowest BCUT2D eigenvalue weighted by atomic mass is 10.1. The molecule has 0 aliphatic heterocycles. The van der Waals surface area contributed by atoms with E-state index in [0.29, 0.717) is 22.8 Å². The van der Waals surface area contributed by atoms with Gasteiger partial charge in [0.1, 0.15) is 17.9 Å². The fourth-order valence-corrected chi connectivity index (χ4v) is 2.15. The van der Waals surface area contributed by atoms with E-state index in [0.717, 1.165) is 5.56 Å². The number of esters is 1. The van der Waals surface area contributed by atoms with Crippen molar-refractivity contribution in [3.8, 4) is 23.3 Å². The van der Waals surface area contributed by atoms with Gasteiger partial charge in [-0.2, -0.15) is 5.26 Å². The summed E-state index contributed by atoms with van der Waals surface area (Å²) in [5.41, 5.74) is 1.46. The zero-order valence-corrected chi connectivity index (χ0v) is 13.7. The highest BCUT2D eigenvalue weighted by molar-refractivity contribution is 5.93. The Hall–Kier alpha value is -3.20. The maximum absolute atomic E-state index is 12.4. The van der Waals surface area contributed by atoms with E-state index < -0.39 is 5.97 Å². The Bertz CT molecular complexity index is 779.